The maximum Gasteiger partial charge on any atom is 0.373 e. The average molecular weight is 344 g/mol. The molecule has 1 heterocycles. The lowest BCUT2D eigenvalue weighted by Gasteiger charge is -2.21. The zero-order chi connectivity index (χ0) is 14.5. The Labute approximate surface area is 128 Å². The number of carbonyl (C=O) groups is 2. The molecule has 0 unspecified atom stereocenters. The van der Waals surface area contributed by atoms with Crippen LogP contribution in [0.4, 0.5) is 0 Å². The van der Waals surface area contributed by atoms with Crippen LogP contribution < -0.4 is 9.47 Å². The SMILES string of the molecule is CC(=O)C1(C(C)=O)Oc2c(Cl)c(Cl)c(Cl)c(Cl)c2O1. The molecule has 8 heteroatoms. The van der Waals surface area contributed by atoms with Gasteiger partial charge >= 0.3 is 5.79 Å². The summed E-state index contributed by atoms with van der Waals surface area (Å²) in [6.07, 6.45) is 0. The van der Waals surface area contributed by atoms with E-state index < -0.39 is 17.4 Å². The van der Waals surface area contributed by atoms with Gasteiger partial charge in [-0.15, -0.1) is 0 Å². The van der Waals surface area contributed by atoms with E-state index in [1.807, 2.05) is 0 Å². The molecule has 102 valence electrons. The third-order valence-corrected chi connectivity index (χ3v) is 4.37. The van der Waals surface area contributed by atoms with Gasteiger partial charge in [0.1, 0.15) is 10.0 Å². The van der Waals surface area contributed by atoms with Crippen molar-refractivity contribution in [1.82, 2.24) is 0 Å². The van der Waals surface area contributed by atoms with Gasteiger partial charge in [-0.3, -0.25) is 9.59 Å². The lowest BCUT2D eigenvalue weighted by molar-refractivity contribution is -0.165. The first kappa shape index (κ1) is 14.7. The first-order chi connectivity index (χ1) is 8.72. The highest BCUT2D eigenvalue weighted by Gasteiger charge is 2.53. The van der Waals surface area contributed by atoms with Crippen molar-refractivity contribution in [3.8, 4) is 11.5 Å². The van der Waals surface area contributed by atoms with Crippen LogP contribution in [0.3, 0.4) is 0 Å². The van der Waals surface area contributed by atoms with Gasteiger partial charge in [0.25, 0.3) is 0 Å². The smallest absolute Gasteiger partial charge is 0.373 e. The standard InChI is InChI=1S/C11H6Cl4O4/c1-3(16)11(4(2)17)18-9-7(14)5(12)6(13)8(15)10(9)19-11/h1-2H3. The normalized spacial score (nSPS) is 15.5. The number of ketones is 2. The van der Waals surface area contributed by atoms with E-state index >= 15 is 0 Å². The zero-order valence-electron chi connectivity index (χ0n) is 9.64. The summed E-state index contributed by atoms with van der Waals surface area (Å²) in [5, 5.41) is -0.233. The molecule has 0 aromatic heterocycles. The number of hydrogen-bond acceptors (Lipinski definition) is 4. The van der Waals surface area contributed by atoms with E-state index in [9.17, 15) is 9.59 Å². The first-order valence-corrected chi connectivity index (χ1v) is 6.49. The fourth-order valence-corrected chi connectivity index (χ4v) is 2.51. The molecule has 1 aromatic carbocycles. The average Bonchev–Trinajstić information content (AvgIpc) is 2.76. The Morgan fingerprint density at radius 3 is 1.37 bits per heavy atom. The molecule has 0 aliphatic carbocycles. The van der Waals surface area contributed by atoms with Crippen LogP contribution >= 0.6 is 46.4 Å². The lowest BCUT2D eigenvalue weighted by atomic mass is 10.1. The van der Waals surface area contributed by atoms with E-state index in [4.69, 9.17) is 55.9 Å². The molecule has 1 aliphatic heterocycles. The molecule has 0 amide bonds. The molecule has 0 saturated heterocycles. The highest BCUT2D eigenvalue weighted by atomic mass is 35.5. The minimum Gasteiger partial charge on any atom is -0.434 e. The molecule has 0 spiro atoms. The lowest BCUT2D eigenvalue weighted by Crippen LogP contribution is -2.52. The number of halogens is 4. The molecule has 0 radical (unpaired) electrons. The second-order valence-corrected chi connectivity index (χ2v) is 5.36. The summed E-state index contributed by atoms with van der Waals surface area (Å²) in [5.74, 6) is -3.53. The van der Waals surface area contributed by atoms with Crippen LogP contribution in [0.2, 0.25) is 20.1 Å². The predicted octanol–water partition coefficient (Wildman–Crippen LogP) is 3.95. The summed E-state index contributed by atoms with van der Waals surface area (Å²) < 4.78 is 10.6. The van der Waals surface area contributed by atoms with Crippen LogP contribution in [0.5, 0.6) is 11.5 Å². The van der Waals surface area contributed by atoms with E-state index in [-0.39, 0.29) is 31.6 Å². The summed E-state index contributed by atoms with van der Waals surface area (Å²) in [7, 11) is 0. The Balaban J connectivity index is 2.69. The van der Waals surface area contributed by atoms with Gasteiger partial charge in [-0.2, -0.15) is 0 Å². The van der Waals surface area contributed by atoms with Crippen molar-refractivity contribution in [2.45, 2.75) is 19.6 Å². The summed E-state index contributed by atoms with van der Waals surface area (Å²) >= 11 is 23.6. The van der Waals surface area contributed by atoms with Crippen molar-refractivity contribution in [3.05, 3.63) is 20.1 Å². The van der Waals surface area contributed by atoms with Crippen molar-refractivity contribution in [2.24, 2.45) is 0 Å². The maximum absolute atomic E-state index is 11.6. The molecular weight excluding hydrogens is 338 g/mol. The third kappa shape index (κ3) is 1.98. The van der Waals surface area contributed by atoms with Crippen LogP contribution in [0.25, 0.3) is 0 Å². The molecular formula is C11H6Cl4O4. The Kier molecular flexibility index (Phi) is 3.64. The molecule has 1 aliphatic rings. The highest BCUT2D eigenvalue weighted by molar-refractivity contribution is 6.53. The van der Waals surface area contributed by atoms with Crippen LogP contribution in [0.1, 0.15) is 13.8 Å². The van der Waals surface area contributed by atoms with E-state index in [1.165, 1.54) is 0 Å². The fraction of sp³-hybridized carbons (Fsp3) is 0.273. The topological polar surface area (TPSA) is 52.6 Å². The van der Waals surface area contributed by atoms with E-state index in [1.54, 1.807) is 0 Å². The zero-order valence-corrected chi connectivity index (χ0v) is 12.7. The number of carbonyl (C=O) groups excluding carboxylic acids is 2. The highest BCUT2D eigenvalue weighted by Crippen LogP contribution is 2.55. The van der Waals surface area contributed by atoms with Gasteiger partial charge in [0.2, 0.25) is 11.6 Å². The van der Waals surface area contributed by atoms with Gasteiger partial charge in [0, 0.05) is 13.8 Å². The third-order valence-electron chi connectivity index (χ3n) is 2.60. The number of hydrogen-bond donors (Lipinski definition) is 0. The molecule has 2 rings (SSSR count). The Hall–Kier alpha value is -0.680. The van der Waals surface area contributed by atoms with Gasteiger partial charge in [-0.1, -0.05) is 46.4 Å². The van der Waals surface area contributed by atoms with Gasteiger partial charge in [-0.05, 0) is 0 Å². The first-order valence-electron chi connectivity index (χ1n) is 4.98. The van der Waals surface area contributed by atoms with Crippen LogP contribution in [0, 0.1) is 0 Å². The minimum atomic E-state index is -2.09. The quantitative estimate of drug-likeness (QED) is 0.463. The molecule has 0 fully saturated rings. The van der Waals surface area contributed by atoms with Crippen molar-refractivity contribution >= 4 is 58.0 Å². The predicted molar refractivity (Wildman–Crippen MR) is 71.8 cm³/mol. The van der Waals surface area contributed by atoms with Crippen LogP contribution in [-0.4, -0.2) is 17.4 Å². The van der Waals surface area contributed by atoms with Crippen molar-refractivity contribution in [2.75, 3.05) is 0 Å². The number of rotatable bonds is 2. The Morgan fingerprint density at radius 1 is 0.789 bits per heavy atom. The summed E-state index contributed by atoms with van der Waals surface area (Å²) in [4.78, 5) is 23.3. The number of Topliss-reactive ketones (excluding diaryl/α,β-unsaturated/α-hetero) is 2. The van der Waals surface area contributed by atoms with Crippen molar-refractivity contribution in [3.63, 3.8) is 0 Å². The van der Waals surface area contributed by atoms with E-state index in [0.717, 1.165) is 13.8 Å². The van der Waals surface area contributed by atoms with Gasteiger partial charge < -0.3 is 9.47 Å². The Bertz CT molecular complexity index is 558. The molecule has 0 saturated carbocycles. The molecule has 0 N–H and O–H groups in total. The largest absolute Gasteiger partial charge is 0.434 e. The van der Waals surface area contributed by atoms with Crippen molar-refractivity contribution in [1.29, 1.82) is 0 Å². The van der Waals surface area contributed by atoms with Gasteiger partial charge in [-0.25, -0.2) is 0 Å². The molecule has 0 atom stereocenters. The number of fused-ring (bicyclic) bond motifs is 1. The fourth-order valence-electron chi connectivity index (χ4n) is 1.62. The number of ether oxygens (including phenoxy) is 2. The summed E-state index contributed by atoms with van der Waals surface area (Å²) in [6, 6.07) is 0. The van der Waals surface area contributed by atoms with Gasteiger partial charge in [0.05, 0.1) is 10.0 Å². The van der Waals surface area contributed by atoms with Crippen LogP contribution in [0.15, 0.2) is 0 Å². The molecule has 4 nitrogen and oxygen atoms in total. The van der Waals surface area contributed by atoms with Crippen LogP contribution in [-0.2, 0) is 9.59 Å². The summed E-state index contributed by atoms with van der Waals surface area (Å²) in [5.41, 5.74) is 0. The second-order valence-electron chi connectivity index (χ2n) is 3.85. The Morgan fingerprint density at radius 2 is 1.11 bits per heavy atom. The van der Waals surface area contributed by atoms with Gasteiger partial charge in [0.15, 0.2) is 11.5 Å². The monoisotopic (exact) mass is 342 g/mol. The molecule has 1 aromatic rings. The molecule has 19 heavy (non-hydrogen) atoms. The molecule has 0 bridgehead atoms. The summed E-state index contributed by atoms with van der Waals surface area (Å²) in [6.45, 7) is 2.30. The number of benzene rings is 1. The van der Waals surface area contributed by atoms with Crippen molar-refractivity contribution < 1.29 is 19.1 Å². The minimum absolute atomic E-state index is 0.0430. The maximum atomic E-state index is 11.6. The van der Waals surface area contributed by atoms with E-state index in [2.05, 4.69) is 0 Å². The van der Waals surface area contributed by atoms with E-state index in [0.29, 0.717) is 0 Å². The second kappa shape index (κ2) is 4.70.